The van der Waals surface area contributed by atoms with Gasteiger partial charge in [0, 0.05) is 18.5 Å². The molecule has 6 heteroatoms. The van der Waals surface area contributed by atoms with Crippen LogP contribution in [-0.4, -0.2) is 26.0 Å². The molecule has 0 unspecified atom stereocenters. The van der Waals surface area contributed by atoms with Gasteiger partial charge in [-0.15, -0.1) is 0 Å². The zero-order chi connectivity index (χ0) is 14.8. The van der Waals surface area contributed by atoms with Gasteiger partial charge in [0.15, 0.2) is 5.65 Å². The van der Waals surface area contributed by atoms with Gasteiger partial charge in [-0.3, -0.25) is 4.98 Å². The molecule has 0 atom stereocenters. The number of aromatic carboxylic acids is 1. The fourth-order valence-electron chi connectivity index (χ4n) is 1.85. The van der Waals surface area contributed by atoms with E-state index in [9.17, 15) is 4.79 Å². The standard InChI is InChI=1S/C15H11N3O3/c1-9-2-3-10(15(19)20)8-12(9)21-13-5-4-11-14(18-13)17-7-6-16-11/h2-8H,1H3,(H,19,20). The van der Waals surface area contributed by atoms with Gasteiger partial charge >= 0.3 is 5.97 Å². The summed E-state index contributed by atoms with van der Waals surface area (Å²) >= 11 is 0. The van der Waals surface area contributed by atoms with Gasteiger partial charge < -0.3 is 9.84 Å². The first kappa shape index (κ1) is 13.0. The van der Waals surface area contributed by atoms with Crippen LogP contribution in [0.5, 0.6) is 11.6 Å². The van der Waals surface area contributed by atoms with E-state index in [4.69, 9.17) is 9.84 Å². The molecule has 3 aromatic rings. The van der Waals surface area contributed by atoms with E-state index < -0.39 is 5.97 Å². The largest absolute Gasteiger partial charge is 0.478 e. The number of ether oxygens (including phenoxy) is 1. The minimum absolute atomic E-state index is 0.163. The van der Waals surface area contributed by atoms with Gasteiger partial charge in [0.05, 0.1) is 5.56 Å². The summed E-state index contributed by atoms with van der Waals surface area (Å²) in [5.74, 6) is -0.212. The number of pyridine rings is 1. The second kappa shape index (κ2) is 5.16. The number of carboxylic acids is 1. The number of hydrogen-bond acceptors (Lipinski definition) is 5. The smallest absolute Gasteiger partial charge is 0.335 e. The number of benzene rings is 1. The van der Waals surface area contributed by atoms with Crippen LogP contribution in [0.25, 0.3) is 11.2 Å². The Labute approximate surface area is 120 Å². The number of carboxylic acid groups (broad SMARTS) is 1. The number of aromatic nitrogens is 3. The lowest BCUT2D eigenvalue weighted by molar-refractivity contribution is 0.0696. The second-order valence-electron chi connectivity index (χ2n) is 4.44. The molecule has 104 valence electrons. The zero-order valence-electron chi connectivity index (χ0n) is 11.1. The normalized spacial score (nSPS) is 10.5. The monoisotopic (exact) mass is 281 g/mol. The Kier molecular flexibility index (Phi) is 3.19. The minimum atomic E-state index is -1.00. The first-order chi connectivity index (χ1) is 10.1. The van der Waals surface area contributed by atoms with Crippen molar-refractivity contribution in [3.05, 3.63) is 53.9 Å². The summed E-state index contributed by atoms with van der Waals surface area (Å²) in [5, 5.41) is 9.02. The van der Waals surface area contributed by atoms with Crippen LogP contribution in [0.1, 0.15) is 15.9 Å². The summed E-state index contributed by atoms with van der Waals surface area (Å²) in [5.41, 5.74) is 2.13. The molecule has 1 N–H and O–H groups in total. The molecule has 0 aliphatic rings. The van der Waals surface area contributed by atoms with Crippen LogP contribution in [0.2, 0.25) is 0 Å². The summed E-state index contributed by atoms with van der Waals surface area (Å²) in [6.45, 7) is 1.84. The Morgan fingerprint density at radius 1 is 1.14 bits per heavy atom. The zero-order valence-corrected chi connectivity index (χ0v) is 11.1. The van der Waals surface area contributed by atoms with Gasteiger partial charge in [0.2, 0.25) is 5.88 Å². The summed E-state index contributed by atoms with van der Waals surface area (Å²) in [6.07, 6.45) is 3.14. The molecule has 2 aromatic heterocycles. The SMILES string of the molecule is Cc1ccc(C(=O)O)cc1Oc1ccc2nccnc2n1. The highest BCUT2D eigenvalue weighted by molar-refractivity contribution is 5.88. The van der Waals surface area contributed by atoms with Crippen LogP contribution in [0.3, 0.4) is 0 Å². The van der Waals surface area contributed by atoms with Gasteiger partial charge in [-0.2, -0.15) is 4.98 Å². The highest BCUT2D eigenvalue weighted by atomic mass is 16.5. The molecule has 21 heavy (non-hydrogen) atoms. The number of carbonyl (C=O) groups is 1. The summed E-state index contributed by atoms with van der Waals surface area (Å²) < 4.78 is 5.67. The third-order valence-electron chi connectivity index (χ3n) is 2.96. The van der Waals surface area contributed by atoms with Crippen molar-refractivity contribution in [3.63, 3.8) is 0 Å². The molecule has 1 aromatic carbocycles. The van der Waals surface area contributed by atoms with Crippen LogP contribution in [0, 0.1) is 6.92 Å². The Morgan fingerprint density at radius 3 is 2.76 bits per heavy atom. The first-order valence-corrected chi connectivity index (χ1v) is 6.23. The maximum Gasteiger partial charge on any atom is 0.335 e. The number of hydrogen-bond donors (Lipinski definition) is 1. The average Bonchev–Trinajstić information content (AvgIpc) is 2.49. The first-order valence-electron chi connectivity index (χ1n) is 6.23. The molecule has 6 nitrogen and oxygen atoms in total. The van der Waals surface area contributed by atoms with E-state index in [1.54, 1.807) is 30.6 Å². The molecule has 0 aliphatic carbocycles. The van der Waals surface area contributed by atoms with Gasteiger partial charge in [-0.05, 0) is 30.7 Å². The Morgan fingerprint density at radius 2 is 1.95 bits per heavy atom. The maximum absolute atomic E-state index is 11.0. The molecular weight excluding hydrogens is 270 g/mol. The summed E-state index contributed by atoms with van der Waals surface area (Å²) in [7, 11) is 0. The second-order valence-corrected chi connectivity index (χ2v) is 4.44. The number of aryl methyl sites for hydroxylation is 1. The predicted molar refractivity (Wildman–Crippen MR) is 75.5 cm³/mol. The lowest BCUT2D eigenvalue weighted by Crippen LogP contribution is -1.98. The molecule has 0 bridgehead atoms. The maximum atomic E-state index is 11.0. The quantitative estimate of drug-likeness (QED) is 0.794. The van der Waals surface area contributed by atoms with Crippen molar-refractivity contribution in [2.75, 3.05) is 0 Å². The molecule has 0 radical (unpaired) electrons. The van der Waals surface area contributed by atoms with E-state index in [0.29, 0.717) is 22.8 Å². The lowest BCUT2D eigenvalue weighted by Gasteiger charge is -2.09. The van der Waals surface area contributed by atoms with Gasteiger partial charge in [0.1, 0.15) is 11.3 Å². The summed E-state index contributed by atoms with van der Waals surface area (Å²) in [4.78, 5) is 23.5. The molecule has 0 saturated heterocycles. The number of rotatable bonds is 3. The van der Waals surface area contributed by atoms with Crippen molar-refractivity contribution < 1.29 is 14.6 Å². The fourth-order valence-corrected chi connectivity index (χ4v) is 1.85. The fraction of sp³-hybridized carbons (Fsp3) is 0.0667. The van der Waals surface area contributed by atoms with E-state index in [-0.39, 0.29) is 5.56 Å². The van der Waals surface area contributed by atoms with E-state index in [2.05, 4.69) is 15.0 Å². The Bertz CT molecular complexity index is 833. The summed E-state index contributed by atoms with van der Waals surface area (Å²) in [6, 6.07) is 8.12. The van der Waals surface area contributed by atoms with Crippen LogP contribution < -0.4 is 4.74 Å². The lowest BCUT2D eigenvalue weighted by atomic mass is 10.1. The third-order valence-corrected chi connectivity index (χ3v) is 2.96. The van der Waals surface area contributed by atoms with Crippen LogP contribution in [0.15, 0.2) is 42.7 Å². The minimum Gasteiger partial charge on any atom is -0.478 e. The van der Waals surface area contributed by atoms with Crippen LogP contribution >= 0.6 is 0 Å². The van der Waals surface area contributed by atoms with Crippen molar-refractivity contribution in [2.24, 2.45) is 0 Å². The van der Waals surface area contributed by atoms with Crippen LogP contribution in [0.4, 0.5) is 0 Å². The van der Waals surface area contributed by atoms with Gasteiger partial charge in [-0.1, -0.05) is 6.07 Å². The van der Waals surface area contributed by atoms with E-state index >= 15 is 0 Å². The highest BCUT2D eigenvalue weighted by Gasteiger charge is 2.09. The molecule has 0 fully saturated rings. The van der Waals surface area contributed by atoms with Crippen molar-refractivity contribution >= 4 is 17.1 Å². The molecule has 0 spiro atoms. The molecule has 0 aliphatic heterocycles. The Balaban J connectivity index is 1.98. The molecule has 3 rings (SSSR count). The van der Waals surface area contributed by atoms with E-state index in [1.807, 2.05) is 6.92 Å². The molecule has 0 amide bonds. The molecular formula is C15H11N3O3. The number of nitrogens with zero attached hydrogens (tertiary/aromatic N) is 3. The third kappa shape index (κ3) is 2.64. The van der Waals surface area contributed by atoms with Gasteiger partial charge in [-0.25, -0.2) is 9.78 Å². The average molecular weight is 281 g/mol. The Hall–Kier alpha value is -3.02. The van der Waals surface area contributed by atoms with Crippen molar-refractivity contribution in [2.45, 2.75) is 6.92 Å². The van der Waals surface area contributed by atoms with Crippen molar-refractivity contribution in [3.8, 4) is 11.6 Å². The predicted octanol–water partition coefficient (Wildman–Crippen LogP) is 2.82. The van der Waals surface area contributed by atoms with Crippen molar-refractivity contribution in [1.29, 1.82) is 0 Å². The van der Waals surface area contributed by atoms with Crippen LogP contribution in [-0.2, 0) is 0 Å². The van der Waals surface area contributed by atoms with E-state index in [1.165, 1.54) is 12.1 Å². The van der Waals surface area contributed by atoms with E-state index in [0.717, 1.165) is 5.56 Å². The van der Waals surface area contributed by atoms with Crippen molar-refractivity contribution in [1.82, 2.24) is 15.0 Å². The molecule has 2 heterocycles. The number of fused-ring (bicyclic) bond motifs is 1. The topological polar surface area (TPSA) is 85.2 Å². The van der Waals surface area contributed by atoms with Gasteiger partial charge in [0.25, 0.3) is 0 Å². The highest BCUT2D eigenvalue weighted by Crippen LogP contribution is 2.25. The molecule has 0 saturated carbocycles.